The molecule has 3 aromatic heterocycles. The van der Waals surface area contributed by atoms with Crippen molar-refractivity contribution in [2.24, 2.45) is 0 Å². The van der Waals surface area contributed by atoms with Crippen LogP contribution in [0.15, 0.2) is 126 Å². The third kappa shape index (κ3) is 7.07. The quantitative estimate of drug-likeness (QED) is 0.161. The molecule has 0 spiro atoms. The van der Waals surface area contributed by atoms with Crippen LogP contribution >= 0.6 is 0 Å². The number of aromatic nitrogens is 2. The Balaban J connectivity index is 1.32. The van der Waals surface area contributed by atoms with Gasteiger partial charge in [0.05, 0.1) is 16.7 Å². The third-order valence-corrected chi connectivity index (χ3v) is 16.5. The summed E-state index contributed by atoms with van der Waals surface area (Å²) in [5.74, 6) is 0. The van der Waals surface area contributed by atoms with Crippen LogP contribution in [0.1, 0.15) is 158 Å². The molecule has 2 aliphatic rings. The van der Waals surface area contributed by atoms with Crippen LogP contribution in [0.2, 0.25) is 0 Å². The summed E-state index contributed by atoms with van der Waals surface area (Å²) in [5.41, 5.74) is 22.8. The molecule has 10 aromatic rings. The maximum absolute atomic E-state index is 7.84. The summed E-state index contributed by atoms with van der Waals surface area (Å²) in [7, 11) is 0. The van der Waals surface area contributed by atoms with Crippen molar-refractivity contribution >= 4 is 89.6 Å². The molecule has 5 heterocycles. The summed E-state index contributed by atoms with van der Waals surface area (Å²) in [6.45, 7) is 42.0. The summed E-state index contributed by atoms with van der Waals surface area (Å²) >= 11 is 0. The molecule has 0 amide bonds. The lowest BCUT2D eigenvalue weighted by molar-refractivity contribution is 0.557. The largest absolute Gasteiger partial charge is 0.466 e. The third-order valence-electron chi connectivity index (χ3n) is 16.5. The summed E-state index contributed by atoms with van der Waals surface area (Å²) in [5, 5.41) is 6.30. The van der Waals surface area contributed by atoms with Gasteiger partial charge in [0.25, 0.3) is 0 Å². The van der Waals surface area contributed by atoms with E-state index < -0.39 is 0 Å². The lowest BCUT2D eigenvalue weighted by Crippen LogP contribution is -2.56. The summed E-state index contributed by atoms with van der Waals surface area (Å²) < 4.78 is 13.1. The van der Waals surface area contributed by atoms with E-state index in [0.29, 0.717) is 0 Å². The maximum atomic E-state index is 7.84. The minimum atomic E-state index is -0.259. The van der Waals surface area contributed by atoms with Crippen molar-refractivity contribution in [3.05, 3.63) is 155 Å². The van der Waals surface area contributed by atoms with Gasteiger partial charge in [-0.2, -0.15) is 0 Å². The molecule has 73 heavy (non-hydrogen) atoms. The normalized spacial score (nSPS) is 14.4. The second-order valence-electron chi connectivity index (χ2n) is 28.0. The molecule has 0 aliphatic carbocycles. The molecule has 0 N–H and O–H groups in total. The minimum absolute atomic E-state index is 0.00553. The average Bonchev–Trinajstić information content (AvgIpc) is 3.96. The predicted molar refractivity (Wildman–Crippen MR) is 316 cm³/mol. The van der Waals surface area contributed by atoms with Crippen LogP contribution in [0.25, 0.3) is 71.4 Å². The van der Waals surface area contributed by atoms with E-state index in [0.717, 1.165) is 28.3 Å². The first-order valence-corrected chi connectivity index (χ1v) is 26.9. The van der Waals surface area contributed by atoms with Crippen molar-refractivity contribution in [1.29, 1.82) is 0 Å². The van der Waals surface area contributed by atoms with Crippen LogP contribution in [0, 0.1) is 0 Å². The van der Waals surface area contributed by atoms with Gasteiger partial charge in [0.15, 0.2) is 0 Å². The Morgan fingerprint density at radius 1 is 0.411 bits per heavy atom. The van der Waals surface area contributed by atoms with Crippen molar-refractivity contribution in [1.82, 2.24) is 9.05 Å². The second kappa shape index (κ2) is 15.1. The first-order chi connectivity index (χ1) is 34.0. The standard InChI is InChI=1S/C68H74BN3O/c1-63(2,3)39-24-27-45(28-25-39)71-55-38-43(67(13,14)15)33-48-49-34-41(65(7,8)9)35-50-56-54(31-29-46-47-32-40(64(4,5)6)26-30-53(47)70(59(46)56)44-22-20-19-21-23-44)72(58(49)50)69(57(48)55)62-60(71)51-36-42(66(10,11)12)37-52(61(51)73-62)68(16,17)18/h19-38H,1-18H3. The highest BCUT2D eigenvalue weighted by Gasteiger charge is 2.48. The van der Waals surface area contributed by atoms with Gasteiger partial charge in [-0.25, -0.2) is 0 Å². The van der Waals surface area contributed by atoms with Gasteiger partial charge < -0.3 is 18.4 Å². The SMILES string of the molecule is CC(C)(C)c1ccc(N2c3cc(C(C)(C)C)cc4c3B(c3oc5c(C(C)(C)C)cc(C(C)(C)C)cc5c32)n2c3ccc5c6cc(C(C)(C)C)ccc6n(-c6ccccc6)c5c3c3cc(C(C)(C)C)cc-4c32)cc1. The van der Waals surface area contributed by atoms with Gasteiger partial charge in [-0.1, -0.05) is 179 Å². The Labute approximate surface area is 434 Å². The van der Waals surface area contributed by atoms with Gasteiger partial charge in [-0.3, -0.25) is 0 Å². The number of furan rings is 1. The van der Waals surface area contributed by atoms with Gasteiger partial charge in [-0.05, 0) is 138 Å². The Morgan fingerprint density at radius 3 is 1.58 bits per heavy atom. The van der Waals surface area contributed by atoms with Crippen LogP contribution in [-0.2, 0) is 32.5 Å². The first-order valence-electron chi connectivity index (χ1n) is 26.9. The molecule has 0 unspecified atom stereocenters. The summed E-state index contributed by atoms with van der Waals surface area (Å²) in [6.07, 6.45) is 0. The number of nitrogens with zero attached hydrogens (tertiary/aromatic N) is 3. The number of hydrogen-bond donors (Lipinski definition) is 0. The number of anilines is 3. The minimum Gasteiger partial charge on any atom is -0.466 e. The van der Waals surface area contributed by atoms with Gasteiger partial charge >= 0.3 is 6.85 Å². The zero-order valence-corrected chi connectivity index (χ0v) is 46.9. The van der Waals surface area contributed by atoms with Crippen LogP contribution < -0.4 is 16.0 Å². The molecule has 7 aromatic carbocycles. The molecule has 12 rings (SSSR count). The topological polar surface area (TPSA) is 26.2 Å². The zero-order valence-electron chi connectivity index (χ0n) is 46.9. The fourth-order valence-corrected chi connectivity index (χ4v) is 12.2. The predicted octanol–water partition coefficient (Wildman–Crippen LogP) is 17.8. The van der Waals surface area contributed by atoms with Crippen molar-refractivity contribution in [3.63, 3.8) is 0 Å². The molecule has 5 heteroatoms. The molecule has 0 atom stereocenters. The highest BCUT2D eigenvalue weighted by atomic mass is 16.3. The number of rotatable bonds is 2. The second-order valence-corrected chi connectivity index (χ2v) is 28.0. The monoisotopic (exact) mass is 960 g/mol. The van der Waals surface area contributed by atoms with E-state index >= 15 is 0 Å². The lowest BCUT2D eigenvalue weighted by Gasteiger charge is -2.40. The van der Waals surface area contributed by atoms with Crippen molar-refractivity contribution in [2.45, 2.75) is 157 Å². The number of benzene rings is 7. The average molecular weight is 960 g/mol. The van der Waals surface area contributed by atoms with Gasteiger partial charge in [0.2, 0.25) is 0 Å². The van der Waals surface area contributed by atoms with E-state index in [4.69, 9.17) is 4.42 Å². The lowest BCUT2D eigenvalue weighted by atomic mass is 9.47. The molecule has 0 bridgehead atoms. The van der Waals surface area contributed by atoms with Gasteiger partial charge in [0, 0.05) is 66.2 Å². The number of hydrogen-bond acceptors (Lipinski definition) is 2. The van der Waals surface area contributed by atoms with Crippen LogP contribution in [-0.4, -0.2) is 15.9 Å². The molecular formula is C68H74BN3O. The van der Waals surface area contributed by atoms with Crippen LogP contribution in [0.4, 0.5) is 17.1 Å². The Kier molecular flexibility index (Phi) is 9.82. The van der Waals surface area contributed by atoms with E-state index in [9.17, 15) is 0 Å². The van der Waals surface area contributed by atoms with E-state index in [1.165, 1.54) is 105 Å². The van der Waals surface area contributed by atoms with Gasteiger partial charge in [-0.15, -0.1) is 0 Å². The van der Waals surface area contributed by atoms with Crippen molar-refractivity contribution in [2.75, 3.05) is 4.90 Å². The Morgan fingerprint density at radius 2 is 0.959 bits per heavy atom. The molecule has 0 saturated heterocycles. The molecule has 0 radical (unpaired) electrons. The fourth-order valence-electron chi connectivity index (χ4n) is 12.2. The molecule has 2 aliphatic heterocycles. The molecule has 0 fully saturated rings. The van der Waals surface area contributed by atoms with Crippen molar-refractivity contribution in [3.8, 4) is 16.8 Å². The molecule has 0 saturated carbocycles. The highest BCUT2D eigenvalue weighted by Crippen LogP contribution is 2.53. The Bertz CT molecular complexity index is 3940. The smallest absolute Gasteiger partial charge is 0.375 e. The highest BCUT2D eigenvalue weighted by molar-refractivity contribution is 6.89. The van der Waals surface area contributed by atoms with E-state index in [-0.39, 0.29) is 39.3 Å². The summed E-state index contributed by atoms with van der Waals surface area (Å²) in [4.78, 5) is 2.59. The number of fused-ring (bicyclic) bond motifs is 13. The van der Waals surface area contributed by atoms with Crippen LogP contribution in [0.3, 0.4) is 0 Å². The zero-order chi connectivity index (χ0) is 52.0. The number of para-hydroxylation sites is 1. The maximum Gasteiger partial charge on any atom is 0.375 e. The van der Waals surface area contributed by atoms with Crippen LogP contribution in [0.5, 0.6) is 0 Å². The fraction of sp³-hybridized carbons (Fsp3) is 0.353. The van der Waals surface area contributed by atoms with E-state index in [1.807, 2.05) is 0 Å². The summed E-state index contributed by atoms with van der Waals surface area (Å²) in [6, 6.07) is 47.6. The Hall–Kier alpha value is -6.46. The van der Waals surface area contributed by atoms with E-state index in [2.05, 4.69) is 260 Å². The van der Waals surface area contributed by atoms with Gasteiger partial charge in [0.1, 0.15) is 11.2 Å². The molecule has 4 nitrogen and oxygen atoms in total. The molecule has 370 valence electrons. The van der Waals surface area contributed by atoms with Crippen molar-refractivity contribution < 1.29 is 4.42 Å². The molecular weight excluding hydrogens is 886 g/mol. The first kappa shape index (κ1) is 47.5. The van der Waals surface area contributed by atoms with E-state index in [1.54, 1.807) is 0 Å².